The summed E-state index contributed by atoms with van der Waals surface area (Å²) in [6, 6.07) is 0.593. The third-order valence-corrected chi connectivity index (χ3v) is 4.25. The minimum atomic E-state index is 0.493. The fourth-order valence-electron chi connectivity index (χ4n) is 2.36. The molecule has 1 atom stereocenters. The van der Waals surface area contributed by atoms with Gasteiger partial charge in [-0.05, 0) is 51.4 Å². The first-order chi connectivity index (χ1) is 8.59. The highest BCUT2D eigenvalue weighted by Crippen LogP contribution is 2.21. The van der Waals surface area contributed by atoms with Crippen LogP contribution in [0.5, 0.6) is 0 Å². The number of nitrogens with zero attached hydrogens (tertiary/aromatic N) is 3. The second-order valence-corrected chi connectivity index (χ2v) is 5.46. The van der Waals surface area contributed by atoms with Gasteiger partial charge in [0.1, 0.15) is 0 Å². The number of nitrogens with one attached hydrogen (secondary N) is 1. The van der Waals surface area contributed by atoms with Crippen LogP contribution in [0.3, 0.4) is 0 Å². The number of aromatic nitrogens is 2. The van der Waals surface area contributed by atoms with E-state index in [4.69, 9.17) is 11.6 Å². The van der Waals surface area contributed by atoms with Gasteiger partial charge in [-0.15, -0.1) is 10.2 Å². The summed E-state index contributed by atoms with van der Waals surface area (Å²) in [6.07, 6.45) is 3.88. The van der Waals surface area contributed by atoms with Gasteiger partial charge < -0.3 is 10.2 Å². The molecule has 0 bridgehead atoms. The first-order valence-corrected chi connectivity index (χ1v) is 6.91. The van der Waals surface area contributed by atoms with Gasteiger partial charge in [-0.25, -0.2) is 0 Å². The monoisotopic (exact) mass is 268 g/mol. The molecule has 4 nitrogen and oxygen atoms in total. The van der Waals surface area contributed by atoms with Crippen LogP contribution in [0.2, 0.25) is 5.15 Å². The molecular formula is C13H21ClN4. The van der Waals surface area contributed by atoms with Crippen LogP contribution in [0, 0.1) is 13.8 Å². The van der Waals surface area contributed by atoms with Crippen LogP contribution in [0.1, 0.15) is 30.4 Å². The van der Waals surface area contributed by atoms with Gasteiger partial charge in [-0.3, -0.25) is 0 Å². The molecule has 1 aliphatic rings. The Bertz CT molecular complexity index is 422. The van der Waals surface area contributed by atoms with Crippen LogP contribution < -0.4 is 5.32 Å². The van der Waals surface area contributed by atoms with Crippen LogP contribution in [-0.2, 0) is 0 Å². The van der Waals surface area contributed by atoms with Gasteiger partial charge in [0.25, 0.3) is 0 Å². The molecule has 1 saturated heterocycles. The van der Waals surface area contributed by atoms with E-state index in [1.165, 1.54) is 25.8 Å². The molecule has 18 heavy (non-hydrogen) atoms. The van der Waals surface area contributed by atoms with Crippen molar-refractivity contribution in [2.75, 3.05) is 25.5 Å². The maximum Gasteiger partial charge on any atom is 0.155 e. The number of likely N-dealkylation sites (tertiary alicyclic amines) is 1. The zero-order chi connectivity index (χ0) is 13.1. The van der Waals surface area contributed by atoms with E-state index in [-0.39, 0.29) is 0 Å². The first-order valence-electron chi connectivity index (χ1n) is 6.53. The minimum absolute atomic E-state index is 0.493. The van der Waals surface area contributed by atoms with E-state index in [2.05, 4.69) is 27.5 Å². The number of hydrogen-bond donors (Lipinski definition) is 1. The van der Waals surface area contributed by atoms with Gasteiger partial charge in [0.05, 0.1) is 0 Å². The molecule has 1 aromatic rings. The van der Waals surface area contributed by atoms with Gasteiger partial charge in [0.2, 0.25) is 0 Å². The van der Waals surface area contributed by atoms with E-state index in [1.54, 1.807) is 0 Å². The summed E-state index contributed by atoms with van der Waals surface area (Å²) < 4.78 is 0. The van der Waals surface area contributed by atoms with Crippen molar-refractivity contribution in [3.63, 3.8) is 0 Å². The van der Waals surface area contributed by atoms with Crippen molar-refractivity contribution in [3.05, 3.63) is 16.3 Å². The molecule has 5 heteroatoms. The Balaban J connectivity index is 1.99. The number of hydrogen-bond acceptors (Lipinski definition) is 4. The summed E-state index contributed by atoms with van der Waals surface area (Å²) in [7, 11) is 2.19. The average Bonchev–Trinajstić information content (AvgIpc) is 2.37. The van der Waals surface area contributed by atoms with Crippen LogP contribution >= 0.6 is 11.6 Å². The van der Waals surface area contributed by atoms with E-state index in [1.807, 2.05) is 13.8 Å². The molecule has 0 amide bonds. The summed E-state index contributed by atoms with van der Waals surface area (Å²) >= 11 is 5.95. The Morgan fingerprint density at radius 2 is 2.06 bits per heavy atom. The zero-order valence-electron chi connectivity index (χ0n) is 11.3. The summed E-state index contributed by atoms with van der Waals surface area (Å²) in [5.41, 5.74) is 2.10. The molecule has 0 radical (unpaired) electrons. The molecule has 1 aliphatic heterocycles. The zero-order valence-corrected chi connectivity index (χ0v) is 12.1. The van der Waals surface area contributed by atoms with E-state index in [9.17, 15) is 0 Å². The third-order valence-electron chi connectivity index (χ3n) is 3.89. The van der Waals surface area contributed by atoms with Crippen molar-refractivity contribution in [2.24, 2.45) is 0 Å². The summed E-state index contributed by atoms with van der Waals surface area (Å²) in [5.74, 6) is 0.857. The van der Waals surface area contributed by atoms with Crippen molar-refractivity contribution in [2.45, 2.75) is 39.2 Å². The molecule has 1 aromatic heterocycles. The van der Waals surface area contributed by atoms with Crippen LogP contribution in [0.25, 0.3) is 0 Å². The predicted molar refractivity (Wildman–Crippen MR) is 75.3 cm³/mol. The van der Waals surface area contributed by atoms with E-state index >= 15 is 0 Å². The van der Waals surface area contributed by atoms with E-state index in [0.29, 0.717) is 11.2 Å². The number of anilines is 1. The van der Waals surface area contributed by atoms with E-state index in [0.717, 1.165) is 23.5 Å². The number of piperidine rings is 1. The van der Waals surface area contributed by atoms with Gasteiger partial charge in [-0.2, -0.15) is 0 Å². The van der Waals surface area contributed by atoms with Gasteiger partial charge in [-0.1, -0.05) is 18.0 Å². The van der Waals surface area contributed by atoms with Gasteiger partial charge in [0.15, 0.2) is 11.0 Å². The quantitative estimate of drug-likeness (QED) is 0.915. The molecule has 2 heterocycles. The van der Waals surface area contributed by atoms with Crippen LogP contribution in [0.15, 0.2) is 0 Å². The molecular weight excluding hydrogens is 248 g/mol. The van der Waals surface area contributed by atoms with Gasteiger partial charge >= 0.3 is 0 Å². The normalized spacial score (nSPS) is 21.0. The first kappa shape index (κ1) is 13.6. The molecule has 1 N–H and O–H groups in total. The fourth-order valence-corrected chi connectivity index (χ4v) is 2.54. The molecule has 0 aromatic carbocycles. The smallest absolute Gasteiger partial charge is 0.155 e. The predicted octanol–water partition coefficient (Wildman–Crippen LogP) is 2.64. The van der Waals surface area contributed by atoms with Crippen molar-refractivity contribution in [3.8, 4) is 0 Å². The molecule has 1 unspecified atom stereocenters. The maximum absolute atomic E-state index is 5.95. The second-order valence-electron chi connectivity index (χ2n) is 5.10. The summed E-state index contributed by atoms with van der Waals surface area (Å²) in [6.45, 7) is 6.12. The SMILES string of the molecule is Cc1c(Cl)nnc(NCC2CCCCN2C)c1C. The highest BCUT2D eigenvalue weighted by atomic mass is 35.5. The Morgan fingerprint density at radius 1 is 1.28 bits per heavy atom. The lowest BCUT2D eigenvalue weighted by Gasteiger charge is -2.32. The highest BCUT2D eigenvalue weighted by Gasteiger charge is 2.19. The lowest BCUT2D eigenvalue weighted by Crippen LogP contribution is -2.41. The highest BCUT2D eigenvalue weighted by molar-refractivity contribution is 6.30. The fraction of sp³-hybridized carbons (Fsp3) is 0.692. The molecule has 1 fully saturated rings. The van der Waals surface area contributed by atoms with Crippen molar-refractivity contribution in [1.82, 2.24) is 15.1 Å². The van der Waals surface area contributed by atoms with Crippen molar-refractivity contribution in [1.29, 1.82) is 0 Å². The second kappa shape index (κ2) is 5.85. The lowest BCUT2D eigenvalue weighted by atomic mass is 10.0. The van der Waals surface area contributed by atoms with E-state index < -0.39 is 0 Å². The van der Waals surface area contributed by atoms with Crippen molar-refractivity contribution < 1.29 is 0 Å². The minimum Gasteiger partial charge on any atom is -0.367 e. The number of likely N-dealkylation sites (N-methyl/N-ethyl adjacent to an activating group) is 1. The summed E-state index contributed by atoms with van der Waals surface area (Å²) in [4.78, 5) is 2.42. The Morgan fingerprint density at radius 3 is 2.78 bits per heavy atom. The average molecular weight is 269 g/mol. The Hall–Kier alpha value is -0.870. The Kier molecular flexibility index (Phi) is 4.40. The largest absolute Gasteiger partial charge is 0.367 e. The number of rotatable bonds is 3. The number of halogens is 1. The standard InChI is InChI=1S/C13H21ClN4/c1-9-10(2)13(17-16-12(9)14)15-8-11-6-4-5-7-18(11)3/h11H,4-8H2,1-3H3,(H,15,17). The maximum atomic E-state index is 5.95. The molecule has 0 spiro atoms. The molecule has 100 valence electrons. The van der Waals surface area contributed by atoms with Crippen molar-refractivity contribution >= 4 is 17.4 Å². The van der Waals surface area contributed by atoms with Crippen LogP contribution in [0.4, 0.5) is 5.82 Å². The molecule has 0 aliphatic carbocycles. The molecule has 2 rings (SSSR count). The summed E-state index contributed by atoms with van der Waals surface area (Å²) in [5, 5.41) is 12.0. The van der Waals surface area contributed by atoms with Gasteiger partial charge in [0, 0.05) is 12.6 Å². The lowest BCUT2D eigenvalue weighted by molar-refractivity contribution is 0.194. The molecule has 0 saturated carbocycles. The Labute approximate surface area is 114 Å². The topological polar surface area (TPSA) is 41.1 Å². The third kappa shape index (κ3) is 2.93. The van der Waals surface area contributed by atoms with Crippen LogP contribution in [-0.4, -0.2) is 41.3 Å².